The highest BCUT2D eigenvalue weighted by Gasteiger charge is 2.11. The summed E-state index contributed by atoms with van der Waals surface area (Å²) >= 11 is 0. The highest BCUT2D eigenvalue weighted by atomic mass is 14.9. The standard InChI is InChI=1S/C11H18N2/c1-3-6-10(7-4-2)11-12-8-5-9-13-11/h5,8-10H,3-4,6-7H2,1-2H3. The van der Waals surface area contributed by atoms with Crippen LogP contribution in [0.25, 0.3) is 0 Å². The van der Waals surface area contributed by atoms with Gasteiger partial charge in [-0.15, -0.1) is 0 Å². The van der Waals surface area contributed by atoms with Gasteiger partial charge < -0.3 is 0 Å². The van der Waals surface area contributed by atoms with Gasteiger partial charge in [-0.3, -0.25) is 0 Å². The Kier molecular flexibility index (Phi) is 4.44. The molecule has 1 aromatic heterocycles. The lowest BCUT2D eigenvalue weighted by atomic mass is 9.97. The van der Waals surface area contributed by atoms with Crippen molar-refractivity contribution >= 4 is 0 Å². The zero-order valence-corrected chi connectivity index (χ0v) is 8.53. The largest absolute Gasteiger partial charge is 0.241 e. The minimum Gasteiger partial charge on any atom is -0.241 e. The van der Waals surface area contributed by atoms with Gasteiger partial charge >= 0.3 is 0 Å². The Labute approximate surface area is 80.4 Å². The van der Waals surface area contributed by atoms with E-state index in [0.717, 1.165) is 5.82 Å². The fraction of sp³-hybridized carbons (Fsp3) is 0.636. The summed E-state index contributed by atoms with van der Waals surface area (Å²) in [6, 6.07) is 1.87. The third-order valence-electron chi connectivity index (χ3n) is 2.23. The molecule has 0 amide bonds. The predicted octanol–water partition coefficient (Wildman–Crippen LogP) is 3.16. The van der Waals surface area contributed by atoms with Crippen LogP contribution < -0.4 is 0 Å². The van der Waals surface area contributed by atoms with Crippen molar-refractivity contribution in [1.29, 1.82) is 0 Å². The molecule has 2 heteroatoms. The first-order chi connectivity index (χ1) is 6.38. The molecule has 0 fully saturated rings. The molecule has 72 valence electrons. The first kappa shape index (κ1) is 10.2. The molecule has 0 atom stereocenters. The molecular weight excluding hydrogens is 160 g/mol. The third-order valence-corrected chi connectivity index (χ3v) is 2.23. The second-order valence-corrected chi connectivity index (χ2v) is 3.38. The van der Waals surface area contributed by atoms with Crippen LogP contribution in [0.1, 0.15) is 51.3 Å². The highest BCUT2D eigenvalue weighted by molar-refractivity contribution is 4.96. The Morgan fingerprint density at radius 2 is 1.62 bits per heavy atom. The SMILES string of the molecule is CCCC(CCC)c1ncccn1. The van der Waals surface area contributed by atoms with E-state index in [2.05, 4.69) is 23.8 Å². The van der Waals surface area contributed by atoms with Crippen LogP contribution in [0.4, 0.5) is 0 Å². The number of rotatable bonds is 5. The second-order valence-electron chi connectivity index (χ2n) is 3.38. The first-order valence-electron chi connectivity index (χ1n) is 5.15. The van der Waals surface area contributed by atoms with Crippen LogP contribution in [-0.4, -0.2) is 9.97 Å². The van der Waals surface area contributed by atoms with Gasteiger partial charge in [-0.1, -0.05) is 26.7 Å². The fourth-order valence-corrected chi connectivity index (χ4v) is 1.62. The number of hydrogen-bond donors (Lipinski definition) is 0. The van der Waals surface area contributed by atoms with Gasteiger partial charge in [0.1, 0.15) is 5.82 Å². The molecule has 1 rings (SSSR count). The van der Waals surface area contributed by atoms with E-state index in [0.29, 0.717) is 5.92 Å². The van der Waals surface area contributed by atoms with E-state index >= 15 is 0 Å². The van der Waals surface area contributed by atoms with Gasteiger partial charge in [-0.05, 0) is 18.9 Å². The Balaban J connectivity index is 2.64. The summed E-state index contributed by atoms with van der Waals surface area (Å²) in [5, 5.41) is 0. The monoisotopic (exact) mass is 178 g/mol. The van der Waals surface area contributed by atoms with Crippen molar-refractivity contribution in [1.82, 2.24) is 9.97 Å². The van der Waals surface area contributed by atoms with Gasteiger partial charge in [0.15, 0.2) is 0 Å². The number of aromatic nitrogens is 2. The van der Waals surface area contributed by atoms with E-state index < -0.39 is 0 Å². The van der Waals surface area contributed by atoms with E-state index in [1.807, 2.05) is 18.5 Å². The van der Waals surface area contributed by atoms with E-state index in [4.69, 9.17) is 0 Å². The molecule has 0 saturated heterocycles. The molecule has 0 spiro atoms. The van der Waals surface area contributed by atoms with Gasteiger partial charge in [0.05, 0.1) is 0 Å². The zero-order chi connectivity index (χ0) is 9.52. The van der Waals surface area contributed by atoms with Crippen LogP contribution in [0.15, 0.2) is 18.5 Å². The van der Waals surface area contributed by atoms with E-state index in [9.17, 15) is 0 Å². The summed E-state index contributed by atoms with van der Waals surface area (Å²) < 4.78 is 0. The average molecular weight is 178 g/mol. The van der Waals surface area contributed by atoms with Crippen molar-refractivity contribution in [2.75, 3.05) is 0 Å². The summed E-state index contributed by atoms with van der Waals surface area (Å²) in [7, 11) is 0. The normalized spacial score (nSPS) is 10.7. The van der Waals surface area contributed by atoms with E-state index in [1.54, 1.807) is 0 Å². The summed E-state index contributed by atoms with van der Waals surface area (Å²) in [6.45, 7) is 4.43. The molecule has 0 radical (unpaired) electrons. The molecule has 0 aliphatic rings. The van der Waals surface area contributed by atoms with Crippen molar-refractivity contribution in [3.8, 4) is 0 Å². The summed E-state index contributed by atoms with van der Waals surface area (Å²) in [4.78, 5) is 8.61. The molecule has 1 heterocycles. The molecule has 2 nitrogen and oxygen atoms in total. The summed E-state index contributed by atoms with van der Waals surface area (Å²) in [5.41, 5.74) is 0. The van der Waals surface area contributed by atoms with Crippen LogP contribution in [0.5, 0.6) is 0 Å². The zero-order valence-electron chi connectivity index (χ0n) is 8.53. The molecule has 0 N–H and O–H groups in total. The molecule has 0 aliphatic carbocycles. The Morgan fingerprint density at radius 3 is 2.08 bits per heavy atom. The molecule has 0 unspecified atom stereocenters. The molecule has 0 bridgehead atoms. The van der Waals surface area contributed by atoms with Crippen LogP contribution in [0.2, 0.25) is 0 Å². The second kappa shape index (κ2) is 5.68. The lowest BCUT2D eigenvalue weighted by molar-refractivity contribution is 0.533. The Morgan fingerprint density at radius 1 is 1.08 bits per heavy atom. The summed E-state index contributed by atoms with van der Waals surface area (Å²) in [5.74, 6) is 1.59. The van der Waals surface area contributed by atoms with Gasteiger partial charge in [0, 0.05) is 18.3 Å². The molecule has 0 aliphatic heterocycles. The van der Waals surface area contributed by atoms with Gasteiger partial charge in [-0.2, -0.15) is 0 Å². The van der Waals surface area contributed by atoms with Crippen molar-refractivity contribution in [3.63, 3.8) is 0 Å². The van der Waals surface area contributed by atoms with Crippen LogP contribution >= 0.6 is 0 Å². The number of hydrogen-bond acceptors (Lipinski definition) is 2. The van der Waals surface area contributed by atoms with Crippen molar-refractivity contribution in [2.45, 2.75) is 45.4 Å². The van der Waals surface area contributed by atoms with Crippen molar-refractivity contribution < 1.29 is 0 Å². The molecular formula is C11H18N2. The predicted molar refractivity (Wildman–Crippen MR) is 54.6 cm³/mol. The lowest BCUT2D eigenvalue weighted by Gasteiger charge is -2.12. The van der Waals surface area contributed by atoms with Gasteiger partial charge in [0.25, 0.3) is 0 Å². The molecule has 0 aromatic carbocycles. The number of nitrogens with zero attached hydrogens (tertiary/aromatic N) is 2. The first-order valence-corrected chi connectivity index (χ1v) is 5.15. The lowest BCUT2D eigenvalue weighted by Crippen LogP contribution is -2.03. The minimum absolute atomic E-state index is 0.566. The van der Waals surface area contributed by atoms with Gasteiger partial charge in [0.2, 0.25) is 0 Å². The highest BCUT2D eigenvalue weighted by Crippen LogP contribution is 2.22. The van der Waals surface area contributed by atoms with Crippen molar-refractivity contribution in [2.24, 2.45) is 0 Å². The topological polar surface area (TPSA) is 25.8 Å². The van der Waals surface area contributed by atoms with E-state index in [1.165, 1.54) is 25.7 Å². The maximum atomic E-state index is 4.31. The molecule has 0 saturated carbocycles. The van der Waals surface area contributed by atoms with Crippen molar-refractivity contribution in [3.05, 3.63) is 24.3 Å². The minimum atomic E-state index is 0.566. The fourth-order valence-electron chi connectivity index (χ4n) is 1.62. The third kappa shape index (κ3) is 3.13. The maximum absolute atomic E-state index is 4.31. The quantitative estimate of drug-likeness (QED) is 0.692. The van der Waals surface area contributed by atoms with E-state index in [-0.39, 0.29) is 0 Å². The smallest absolute Gasteiger partial charge is 0.131 e. The molecule has 13 heavy (non-hydrogen) atoms. The van der Waals surface area contributed by atoms with Crippen LogP contribution in [0.3, 0.4) is 0 Å². The van der Waals surface area contributed by atoms with Gasteiger partial charge in [-0.25, -0.2) is 9.97 Å². The Bertz CT molecular complexity index is 215. The van der Waals surface area contributed by atoms with Crippen LogP contribution in [0, 0.1) is 0 Å². The Hall–Kier alpha value is -0.920. The average Bonchev–Trinajstić information content (AvgIpc) is 2.19. The maximum Gasteiger partial charge on any atom is 0.131 e. The molecule has 1 aromatic rings. The summed E-state index contributed by atoms with van der Waals surface area (Å²) in [6.07, 6.45) is 8.50. The van der Waals surface area contributed by atoms with Crippen LogP contribution in [-0.2, 0) is 0 Å².